The van der Waals surface area contributed by atoms with Gasteiger partial charge in [-0.2, -0.15) is 0 Å². The van der Waals surface area contributed by atoms with E-state index in [0.717, 1.165) is 36.3 Å². The fourth-order valence-corrected chi connectivity index (χ4v) is 4.25. The van der Waals surface area contributed by atoms with E-state index in [-0.39, 0.29) is 24.2 Å². The Morgan fingerprint density at radius 1 is 1.15 bits per heavy atom. The first-order valence-corrected chi connectivity index (χ1v) is 9.43. The summed E-state index contributed by atoms with van der Waals surface area (Å²) < 4.78 is 5.39. The molecule has 27 heavy (non-hydrogen) atoms. The highest BCUT2D eigenvalue weighted by Crippen LogP contribution is 2.36. The van der Waals surface area contributed by atoms with Crippen LogP contribution in [0.2, 0.25) is 0 Å². The fraction of sp³-hybridized carbons (Fsp3) is 0.364. The van der Waals surface area contributed by atoms with Crippen LogP contribution in [0.15, 0.2) is 42.5 Å². The largest absolute Gasteiger partial charge is 0.495 e. The van der Waals surface area contributed by atoms with Crippen LogP contribution < -0.4 is 14.5 Å². The number of carbonyl (C=O) groups is 2. The molecule has 5 heteroatoms. The number of aryl methyl sites for hydroxylation is 2. The van der Waals surface area contributed by atoms with Crippen molar-refractivity contribution in [3.05, 3.63) is 53.6 Å². The smallest absolute Gasteiger partial charge is 0.232 e. The summed E-state index contributed by atoms with van der Waals surface area (Å²) in [6.07, 6.45) is 2.20. The Labute approximate surface area is 159 Å². The van der Waals surface area contributed by atoms with Crippen LogP contribution >= 0.6 is 0 Å². The Kier molecular flexibility index (Phi) is 4.60. The molecule has 0 spiro atoms. The lowest BCUT2D eigenvalue weighted by molar-refractivity contribution is -0.124. The summed E-state index contributed by atoms with van der Waals surface area (Å²) in [5.41, 5.74) is 4.11. The highest BCUT2D eigenvalue weighted by atomic mass is 16.5. The van der Waals surface area contributed by atoms with Gasteiger partial charge < -0.3 is 14.5 Å². The molecule has 2 heterocycles. The van der Waals surface area contributed by atoms with Crippen LogP contribution in [0.4, 0.5) is 11.4 Å². The topological polar surface area (TPSA) is 49.9 Å². The van der Waals surface area contributed by atoms with E-state index in [1.807, 2.05) is 48.2 Å². The summed E-state index contributed by atoms with van der Waals surface area (Å²) >= 11 is 0. The van der Waals surface area contributed by atoms with Crippen molar-refractivity contribution in [2.45, 2.75) is 26.2 Å². The maximum absolute atomic E-state index is 13.3. The number of nitrogens with zero attached hydrogens (tertiary/aromatic N) is 2. The van der Waals surface area contributed by atoms with E-state index in [0.29, 0.717) is 12.3 Å². The molecule has 2 amide bonds. The van der Waals surface area contributed by atoms with Gasteiger partial charge in [0.05, 0.1) is 18.7 Å². The van der Waals surface area contributed by atoms with Crippen molar-refractivity contribution in [3.8, 4) is 5.75 Å². The van der Waals surface area contributed by atoms with Gasteiger partial charge in [-0.1, -0.05) is 30.3 Å². The van der Waals surface area contributed by atoms with Gasteiger partial charge in [-0.25, -0.2) is 0 Å². The Hall–Kier alpha value is -2.82. The van der Waals surface area contributed by atoms with Gasteiger partial charge in [-0.3, -0.25) is 9.59 Å². The second-order valence-electron chi connectivity index (χ2n) is 7.25. The molecule has 2 aliphatic heterocycles. The molecule has 140 valence electrons. The van der Waals surface area contributed by atoms with Gasteiger partial charge in [0.1, 0.15) is 5.75 Å². The van der Waals surface area contributed by atoms with Crippen molar-refractivity contribution in [2.75, 3.05) is 30.0 Å². The van der Waals surface area contributed by atoms with E-state index < -0.39 is 0 Å². The molecule has 1 saturated heterocycles. The zero-order valence-corrected chi connectivity index (χ0v) is 15.8. The molecular weight excluding hydrogens is 340 g/mol. The Balaban J connectivity index is 1.59. The minimum Gasteiger partial charge on any atom is -0.495 e. The molecule has 2 aromatic rings. The number of hydrogen-bond donors (Lipinski definition) is 0. The summed E-state index contributed by atoms with van der Waals surface area (Å²) in [4.78, 5) is 29.5. The van der Waals surface area contributed by atoms with Gasteiger partial charge in [0.25, 0.3) is 0 Å². The van der Waals surface area contributed by atoms with Crippen molar-refractivity contribution >= 4 is 23.2 Å². The van der Waals surface area contributed by atoms with Gasteiger partial charge in [0, 0.05) is 25.2 Å². The van der Waals surface area contributed by atoms with Gasteiger partial charge in [0.15, 0.2) is 0 Å². The molecular formula is C22H24N2O3. The van der Waals surface area contributed by atoms with Gasteiger partial charge >= 0.3 is 0 Å². The summed E-state index contributed by atoms with van der Waals surface area (Å²) in [6.45, 7) is 3.16. The first-order chi connectivity index (χ1) is 13.1. The zero-order chi connectivity index (χ0) is 19.0. The van der Waals surface area contributed by atoms with E-state index >= 15 is 0 Å². The second-order valence-corrected chi connectivity index (χ2v) is 7.25. The monoisotopic (exact) mass is 364 g/mol. The molecule has 1 atom stereocenters. The molecule has 0 bridgehead atoms. The number of rotatable bonds is 3. The number of methoxy groups -OCH3 is 1. The maximum Gasteiger partial charge on any atom is 0.232 e. The van der Waals surface area contributed by atoms with Crippen LogP contribution in [0.3, 0.4) is 0 Å². The standard InChI is InChI=1S/C22H24N2O3/c1-15-7-5-8-16-9-6-12-23(21(15)16)22(26)17-13-20(25)24(14-17)18-10-3-4-11-19(18)27-2/h3-5,7-8,10-11,17H,6,9,12-14H2,1-2H3. The average Bonchev–Trinajstić information content (AvgIpc) is 3.08. The lowest BCUT2D eigenvalue weighted by atomic mass is 9.96. The van der Waals surface area contributed by atoms with Crippen LogP contribution in [0.25, 0.3) is 0 Å². The fourth-order valence-electron chi connectivity index (χ4n) is 4.25. The average molecular weight is 364 g/mol. The lowest BCUT2D eigenvalue weighted by Crippen LogP contribution is -2.41. The van der Waals surface area contributed by atoms with Crippen LogP contribution in [0.5, 0.6) is 5.75 Å². The Morgan fingerprint density at radius 2 is 1.96 bits per heavy atom. The number of anilines is 2. The maximum atomic E-state index is 13.3. The predicted molar refractivity (Wildman–Crippen MR) is 105 cm³/mol. The summed E-state index contributed by atoms with van der Waals surface area (Å²) in [7, 11) is 1.59. The van der Waals surface area contributed by atoms with Crippen LogP contribution in [0.1, 0.15) is 24.0 Å². The van der Waals surface area contributed by atoms with E-state index in [9.17, 15) is 9.59 Å². The number of ether oxygens (including phenoxy) is 1. The van der Waals surface area contributed by atoms with Crippen molar-refractivity contribution in [1.82, 2.24) is 0 Å². The molecule has 0 aliphatic carbocycles. The van der Waals surface area contributed by atoms with Crippen LogP contribution in [-0.4, -0.2) is 32.0 Å². The highest BCUT2D eigenvalue weighted by Gasteiger charge is 2.39. The van der Waals surface area contributed by atoms with E-state index in [4.69, 9.17) is 4.74 Å². The molecule has 1 unspecified atom stereocenters. The number of fused-ring (bicyclic) bond motifs is 1. The summed E-state index contributed by atoms with van der Waals surface area (Å²) in [5.74, 6) is 0.349. The third-order valence-corrected chi connectivity index (χ3v) is 5.54. The molecule has 1 fully saturated rings. The SMILES string of the molecule is COc1ccccc1N1CC(C(=O)N2CCCc3cccc(C)c32)CC1=O. The van der Waals surface area contributed by atoms with Crippen LogP contribution in [0, 0.1) is 12.8 Å². The molecule has 5 nitrogen and oxygen atoms in total. The molecule has 2 aliphatic rings. The van der Waals surface area contributed by atoms with Gasteiger partial charge in [-0.05, 0) is 43.0 Å². The Bertz CT molecular complexity index is 893. The first-order valence-electron chi connectivity index (χ1n) is 9.43. The van der Waals surface area contributed by atoms with Gasteiger partial charge in [0.2, 0.25) is 11.8 Å². The minimum atomic E-state index is -0.326. The number of carbonyl (C=O) groups excluding carboxylic acids is 2. The number of amides is 2. The third kappa shape index (κ3) is 3.07. The number of benzene rings is 2. The summed E-state index contributed by atoms with van der Waals surface area (Å²) in [6, 6.07) is 13.6. The normalized spacial score (nSPS) is 19.2. The van der Waals surface area contributed by atoms with Crippen molar-refractivity contribution < 1.29 is 14.3 Å². The highest BCUT2D eigenvalue weighted by molar-refractivity contribution is 6.05. The molecule has 4 rings (SSSR count). The lowest BCUT2D eigenvalue weighted by Gasteiger charge is -2.32. The Morgan fingerprint density at radius 3 is 2.78 bits per heavy atom. The van der Waals surface area contributed by atoms with Crippen molar-refractivity contribution in [1.29, 1.82) is 0 Å². The molecule has 0 aromatic heterocycles. The molecule has 0 N–H and O–H groups in total. The predicted octanol–water partition coefficient (Wildman–Crippen LogP) is 3.34. The summed E-state index contributed by atoms with van der Waals surface area (Å²) in [5, 5.41) is 0. The molecule has 0 saturated carbocycles. The quantitative estimate of drug-likeness (QED) is 0.839. The molecule has 2 aromatic carbocycles. The van der Waals surface area contributed by atoms with E-state index in [1.165, 1.54) is 5.56 Å². The number of hydrogen-bond acceptors (Lipinski definition) is 3. The number of para-hydroxylation sites is 3. The van der Waals surface area contributed by atoms with Crippen LogP contribution in [-0.2, 0) is 16.0 Å². The molecule has 0 radical (unpaired) electrons. The van der Waals surface area contributed by atoms with E-state index in [1.54, 1.807) is 12.0 Å². The van der Waals surface area contributed by atoms with Crippen molar-refractivity contribution in [3.63, 3.8) is 0 Å². The third-order valence-electron chi connectivity index (χ3n) is 5.54. The minimum absolute atomic E-state index is 0.0279. The zero-order valence-electron chi connectivity index (χ0n) is 15.8. The van der Waals surface area contributed by atoms with E-state index in [2.05, 4.69) is 6.07 Å². The van der Waals surface area contributed by atoms with Gasteiger partial charge in [-0.15, -0.1) is 0 Å². The second kappa shape index (κ2) is 7.06. The first kappa shape index (κ1) is 17.6. The van der Waals surface area contributed by atoms with Crippen molar-refractivity contribution in [2.24, 2.45) is 5.92 Å².